The van der Waals surface area contributed by atoms with Crippen LogP contribution in [0.15, 0.2) is 12.1 Å². The lowest BCUT2D eigenvalue weighted by Crippen LogP contribution is -2.32. The molecule has 2 aliphatic rings. The molecule has 0 saturated carbocycles. The quantitative estimate of drug-likeness (QED) is 0.781. The summed E-state index contributed by atoms with van der Waals surface area (Å²) in [6.45, 7) is 3.84. The molecule has 3 heterocycles. The molecule has 0 aliphatic carbocycles. The maximum Gasteiger partial charge on any atom is 0.166 e. The summed E-state index contributed by atoms with van der Waals surface area (Å²) in [6.07, 6.45) is 3.69. The molecule has 3 rings (SSSR count). The van der Waals surface area contributed by atoms with Gasteiger partial charge in [0, 0.05) is 44.2 Å². The van der Waals surface area contributed by atoms with Crippen molar-refractivity contribution in [1.82, 2.24) is 4.98 Å². The van der Waals surface area contributed by atoms with Crippen LogP contribution in [0.5, 0.6) is 0 Å². The third-order valence-electron chi connectivity index (χ3n) is 4.30. The molecule has 19 heavy (non-hydrogen) atoms. The first kappa shape index (κ1) is 13.0. The topological polar surface area (TPSA) is 47.0 Å². The third-order valence-corrected chi connectivity index (χ3v) is 6.47. The lowest BCUT2D eigenvalue weighted by Gasteiger charge is -2.26. The van der Waals surface area contributed by atoms with Gasteiger partial charge in [-0.3, -0.25) is 14.0 Å². The van der Waals surface area contributed by atoms with Gasteiger partial charge in [0.15, 0.2) is 5.78 Å². The summed E-state index contributed by atoms with van der Waals surface area (Å²) in [5.74, 6) is 0.290. The number of pyridine rings is 1. The molecule has 1 aromatic rings. The zero-order valence-corrected chi connectivity index (χ0v) is 12.2. The summed E-state index contributed by atoms with van der Waals surface area (Å²) in [7, 11) is -0.686. The van der Waals surface area contributed by atoms with Crippen molar-refractivity contribution in [3.8, 4) is 0 Å². The Morgan fingerprint density at radius 1 is 1.16 bits per heavy atom. The third kappa shape index (κ3) is 2.38. The zero-order chi connectivity index (χ0) is 13.6. The highest BCUT2D eigenvalue weighted by Crippen LogP contribution is 2.39. The first-order chi connectivity index (χ1) is 9.04. The molecule has 0 spiro atoms. The van der Waals surface area contributed by atoms with Gasteiger partial charge >= 0.3 is 0 Å². The number of carbonyl (C=O) groups is 1. The minimum atomic E-state index is -0.686. The van der Waals surface area contributed by atoms with E-state index >= 15 is 0 Å². The van der Waals surface area contributed by atoms with E-state index in [-0.39, 0.29) is 22.2 Å². The summed E-state index contributed by atoms with van der Waals surface area (Å²) >= 11 is 0. The highest BCUT2D eigenvalue weighted by molar-refractivity contribution is 7.86. The number of hydrogen-bond donors (Lipinski definition) is 0. The van der Waals surface area contributed by atoms with Crippen molar-refractivity contribution in [2.45, 2.75) is 50.0 Å². The molecule has 0 N–H and O–H groups in total. The molecule has 102 valence electrons. The van der Waals surface area contributed by atoms with Gasteiger partial charge in [0.2, 0.25) is 0 Å². The first-order valence-electron chi connectivity index (χ1n) is 6.93. The van der Waals surface area contributed by atoms with Crippen LogP contribution < -0.4 is 0 Å². The van der Waals surface area contributed by atoms with Crippen LogP contribution in [0.25, 0.3) is 0 Å². The van der Waals surface area contributed by atoms with E-state index in [4.69, 9.17) is 0 Å². The maximum absolute atomic E-state index is 12.6. The SMILES string of the molecule is Cc1cc(C(=O)C2CC3CCC(C2)S3=O)cc(C)n1. The van der Waals surface area contributed by atoms with Crippen molar-refractivity contribution < 1.29 is 9.00 Å². The molecule has 2 saturated heterocycles. The van der Waals surface area contributed by atoms with E-state index in [1.54, 1.807) is 0 Å². The molecule has 0 aromatic carbocycles. The van der Waals surface area contributed by atoms with Gasteiger partial charge < -0.3 is 0 Å². The fourth-order valence-electron chi connectivity index (χ4n) is 3.46. The second-order valence-electron chi connectivity index (χ2n) is 5.82. The van der Waals surface area contributed by atoms with Gasteiger partial charge in [-0.05, 0) is 51.7 Å². The Kier molecular flexibility index (Phi) is 3.29. The van der Waals surface area contributed by atoms with Crippen molar-refractivity contribution >= 4 is 16.6 Å². The lowest BCUT2D eigenvalue weighted by atomic mass is 9.90. The van der Waals surface area contributed by atoms with E-state index in [1.165, 1.54) is 0 Å². The molecule has 2 unspecified atom stereocenters. The van der Waals surface area contributed by atoms with Crippen molar-refractivity contribution in [3.05, 3.63) is 29.1 Å². The number of nitrogens with zero attached hydrogens (tertiary/aromatic N) is 1. The van der Waals surface area contributed by atoms with Gasteiger partial charge in [-0.1, -0.05) is 0 Å². The second kappa shape index (κ2) is 4.82. The average molecular weight is 277 g/mol. The highest BCUT2D eigenvalue weighted by atomic mass is 32.2. The molecule has 0 amide bonds. The number of ketones is 1. The standard InChI is InChI=1S/C15H19NO2S/c1-9-5-11(6-10(2)16-9)15(17)12-7-13-3-4-14(8-12)19(13)18/h5-6,12-14H,3-4,7-8H2,1-2H3. The predicted octanol–water partition coefficient (Wildman–Crippen LogP) is 2.57. The molecule has 2 fully saturated rings. The smallest absolute Gasteiger partial charge is 0.166 e. The van der Waals surface area contributed by atoms with Gasteiger partial charge in [-0.2, -0.15) is 0 Å². The summed E-state index contributed by atoms with van der Waals surface area (Å²) in [5.41, 5.74) is 2.57. The number of rotatable bonds is 2. The van der Waals surface area contributed by atoms with Gasteiger partial charge in [-0.15, -0.1) is 0 Å². The number of carbonyl (C=O) groups excluding carboxylic acids is 1. The number of hydrogen-bond acceptors (Lipinski definition) is 3. The summed E-state index contributed by atoms with van der Waals surface area (Å²) < 4.78 is 12.0. The van der Waals surface area contributed by atoms with Crippen LogP contribution in [0, 0.1) is 19.8 Å². The molecule has 1 aromatic heterocycles. The Morgan fingerprint density at radius 2 is 1.68 bits per heavy atom. The summed E-state index contributed by atoms with van der Waals surface area (Å²) in [5, 5.41) is 0.522. The second-order valence-corrected chi connectivity index (χ2v) is 7.81. The highest BCUT2D eigenvalue weighted by Gasteiger charge is 2.42. The van der Waals surface area contributed by atoms with Crippen LogP contribution in [-0.2, 0) is 10.8 Å². The Balaban J connectivity index is 1.83. The Labute approximate surface area is 116 Å². The van der Waals surface area contributed by atoms with Gasteiger partial charge in [0.05, 0.1) is 0 Å². The van der Waals surface area contributed by atoms with Crippen LogP contribution >= 0.6 is 0 Å². The van der Waals surface area contributed by atoms with E-state index < -0.39 is 10.8 Å². The molecular weight excluding hydrogens is 258 g/mol. The van der Waals surface area contributed by atoms with E-state index in [9.17, 15) is 9.00 Å². The number of aromatic nitrogens is 1. The maximum atomic E-state index is 12.6. The number of Topliss-reactive ketones (excluding diaryl/α,β-unsaturated/α-hetero) is 1. The Hall–Kier alpha value is -1.03. The van der Waals surface area contributed by atoms with Crippen LogP contribution in [0.2, 0.25) is 0 Å². The van der Waals surface area contributed by atoms with Crippen molar-refractivity contribution in [2.75, 3.05) is 0 Å². The van der Waals surface area contributed by atoms with Crippen molar-refractivity contribution in [1.29, 1.82) is 0 Å². The fraction of sp³-hybridized carbons (Fsp3) is 0.600. The monoisotopic (exact) mass is 277 g/mol. The van der Waals surface area contributed by atoms with Gasteiger partial charge in [0.25, 0.3) is 0 Å². The van der Waals surface area contributed by atoms with Gasteiger partial charge in [0.1, 0.15) is 0 Å². The average Bonchev–Trinajstić information content (AvgIpc) is 2.60. The van der Waals surface area contributed by atoms with Crippen molar-refractivity contribution in [3.63, 3.8) is 0 Å². The van der Waals surface area contributed by atoms with Crippen molar-refractivity contribution in [2.24, 2.45) is 5.92 Å². The molecule has 0 radical (unpaired) electrons. The molecule has 3 nitrogen and oxygen atoms in total. The lowest BCUT2D eigenvalue weighted by molar-refractivity contribution is 0.0906. The van der Waals surface area contributed by atoms with Crippen LogP contribution in [0.1, 0.15) is 47.4 Å². The fourth-order valence-corrected chi connectivity index (χ4v) is 5.58. The summed E-state index contributed by atoms with van der Waals surface area (Å²) in [6, 6.07) is 3.76. The number of fused-ring (bicyclic) bond motifs is 2. The van der Waals surface area contributed by atoms with E-state index in [1.807, 2.05) is 26.0 Å². The predicted molar refractivity (Wildman–Crippen MR) is 75.7 cm³/mol. The Morgan fingerprint density at radius 3 is 2.21 bits per heavy atom. The summed E-state index contributed by atoms with van der Waals surface area (Å²) in [4.78, 5) is 16.9. The van der Waals surface area contributed by atoms with E-state index in [0.29, 0.717) is 0 Å². The molecule has 4 heteroatoms. The molecule has 2 aliphatic heterocycles. The van der Waals surface area contributed by atoms with Gasteiger partial charge in [-0.25, -0.2) is 0 Å². The first-order valence-corrected chi connectivity index (χ1v) is 8.21. The normalized spacial score (nSPS) is 33.4. The van der Waals surface area contributed by atoms with E-state index in [0.717, 1.165) is 42.6 Å². The van der Waals surface area contributed by atoms with E-state index in [2.05, 4.69) is 4.98 Å². The zero-order valence-electron chi connectivity index (χ0n) is 11.4. The minimum Gasteiger partial charge on any atom is -0.294 e. The molecule has 2 atom stereocenters. The van der Waals surface area contributed by atoms with Crippen LogP contribution in [0.3, 0.4) is 0 Å². The molecule has 2 bridgehead atoms. The molecular formula is C15H19NO2S. The Bertz CT molecular complexity index is 519. The number of aryl methyl sites for hydroxylation is 2. The van der Waals surface area contributed by atoms with Crippen LogP contribution in [0.4, 0.5) is 0 Å². The largest absolute Gasteiger partial charge is 0.294 e. The van der Waals surface area contributed by atoms with Crippen LogP contribution in [-0.4, -0.2) is 25.5 Å². The minimum absolute atomic E-state index is 0.0661.